The van der Waals surface area contributed by atoms with Crippen molar-refractivity contribution in [2.24, 2.45) is 0 Å². The van der Waals surface area contributed by atoms with Crippen LogP contribution in [0.3, 0.4) is 0 Å². The number of fused-ring (bicyclic) bond motifs is 3. The molecule has 2 heterocycles. The first-order valence-corrected chi connectivity index (χ1v) is 8.11. The molecule has 25 heavy (non-hydrogen) atoms. The lowest BCUT2D eigenvalue weighted by Crippen LogP contribution is -2.28. The minimum Gasteiger partial charge on any atom is -0.493 e. The smallest absolute Gasteiger partial charge is 0.193 e. The van der Waals surface area contributed by atoms with E-state index in [2.05, 4.69) is 0 Å². The molecule has 4 rings (SSSR count). The van der Waals surface area contributed by atoms with Crippen molar-refractivity contribution in [3.63, 3.8) is 0 Å². The molecule has 0 atom stereocenters. The molecule has 2 aromatic carbocycles. The van der Waals surface area contributed by atoms with Gasteiger partial charge in [-0.2, -0.15) is 0 Å². The van der Waals surface area contributed by atoms with Gasteiger partial charge in [-0.05, 0) is 32.1 Å². The second-order valence-electron chi connectivity index (χ2n) is 6.58. The summed E-state index contributed by atoms with van der Waals surface area (Å²) in [5.41, 5.74) is 1.52. The summed E-state index contributed by atoms with van der Waals surface area (Å²) in [6.07, 6.45) is 3.88. The van der Waals surface area contributed by atoms with Crippen molar-refractivity contribution in [3.8, 4) is 22.8 Å². The molecule has 4 heteroatoms. The van der Waals surface area contributed by atoms with Crippen LogP contribution in [0, 0.1) is 0 Å². The average molecular weight is 334 g/mol. The predicted octanol–water partition coefficient (Wildman–Crippen LogP) is 4.65. The molecular formula is C21H18O4. The zero-order chi connectivity index (χ0) is 17.6. The van der Waals surface area contributed by atoms with E-state index in [0.29, 0.717) is 28.2 Å². The first-order chi connectivity index (χ1) is 12.0. The van der Waals surface area contributed by atoms with E-state index in [4.69, 9.17) is 13.9 Å². The highest BCUT2D eigenvalue weighted by molar-refractivity contribution is 5.92. The second-order valence-corrected chi connectivity index (χ2v) is 6.58. The molecule has 1 aliphatic rings. The summed E-state index contributed by atoms with van der Waals surface area (Å²) >= 11 is 0. The van der Waals surface area contributed by atoms with Gasteiger partial charge in [0, 0.05) is 11.6 Å². The largest absolute Gasteiger partial charge is 0.493 e. The van der Waals surface area contributed by atoms with Gasteiger partial charge >= 0.3 is 0 Å². The van der Waals surface area contributed by atoms with Gasteiger partial charge in [-0.3, -0.25) is 4.79 Å². The van der Waals surface area contributed by atoms with Crippen LogP contribution >= 0.6 is 0 Å². The van der Waals surface area contributed by atoms with E-state index in [-0.39, 0.29) is 5.43 Å². The predicted molar refractivity (Wildman–Crippen MR) is 98.2 cm³/mol. The molecule has 0 radical (unpaired) electrons. The molecule has 0 saturated carbocycles. The van der Waals surface area contributed by atoms with Crippen LogP contribution in [-0.4, -0.2) is 12.7 Å². The van der Waals surface area contributed by atoms with Crippen LogP contribution < -0.4 is 14.9 Å². The third-order valence-electron chi connectivity index (χ3n) is 4.27. The van der Waals surface area contributed by atoms with Gasteiger partial charge in [0.15, 0.2) is 16.9 Å². The Bertz CT molecular complexity index is 1040. The number of benzene rings is 2. The fourth-order valence-corrected chi connectivity index (χ4v) is 3.01. The molecule has 126 valence electrons. The van der Waals surface area contributed by atoms with Crippen LogP contribution in [0.5, 0.6) is 11.5 Å². The van der Waals surface area contributed by atoms with Crippen molar-refractivity contribution in [1.29, 1.82) is 0 Å². The number of ether oxygens (including phenoxy) is 2. The standard InChI is InChI=1S/C21H18O4/c1-21(2)10-9-14-19-15(11-18(23-3)20(14)25-21)16(22)12-17(24-19)13-7-5-4-6-8-13/h4-12H,1-3H3. The Kier molecular flexibility index (Phi) is 3.42. The summed E-state index contributed by atoms with van der Waals surface area (Å²) < 4.78 is 17.6. The maximum absolute atomic E-state index is 12.7. The zero-order valence-corrected chi connectivity index (χ0v) is 14.3. The minimum atomic E-state index is -0.453. The maximum Gasteiger partial charge on any atom is 0.193 e. The number of methoxy groups -OCH3 is 1. The van der Waals surface area contributed by atoms with Crippen molar-refractivity contribution < 1.29 is 13.9 Å². The Morgan fingerprint density at radius 1 is 1.08 bits per heavy atom. The van der Waals surface area contributed by atoms with E-state index in [9.17, 15) is 4.79 Å². The second kappa shape index (κ2) is 5.52. The lowest BCUT2D eigenvalue weighted by Gasteiger charge is -2.29. The quantitative estimate of drug-likeness (QED) is 0.684. The zero-order valence-electron chi connectivity index (χ0n) is 14.3. The first kappa shape index (κ1) is 15.5. The fourth-order valence-electron chi connectivity index (χ4n) is 3.01. The highest BCUT2D eigenvalue weighted by atomic mass is 16.5. The summed E-state index contributed by atoms with van der Waals surface area (Å²) in [6.45, 7) is 3.93. The van der Waals surface area contributed by atoms with Gasteiger partial charge in [-0.15, -0.1) is 0 Å². The highest BCUT2D eigenvalue weighted by Gasteiger charge is 2.28. The molecule has 0 amide bonds. The van der Waals surface area contributed by atoms with Crippen molar-refractivity contribution in [3.05, 3.63) is 64.3 Å². The van der Waals surface area contributed by atoms with Gasteiger partial charge in [-0.1, -0.05) is 30.3 Å². The SMILES string of the molecule is COc1cc2c(=O)cc(-c3ccccc3)oc2c2c1OC(C)(C)C=C2. The molecule has 0 fully saturated rings. The van der Waals surface area contributed by atoms with Crippen molar-refractivity contribution in [1.82, 2.24) is 0 Å². The molecular weight excluding hydrogens is 316 g/mol. The van der Waals surface area contributed by atoms with Crippen LogP contribution in [0.25, 0.3) is 28.4 Å². The molecule has 1 aliphatic heterocycles. The van der Waals surface area contributed by atoms with Crippen molar-refractivity contribution in [2.75, 3.05) is 7.11 Å². The lowest BCUT2D eigenvalue weighted by molar-refractivity contribution is 0.152. The number of rotatable bonds is 2. The molecule has 1 aromatic heterocycles. The van der Waals surface area contributed by atoms with E-state index in [1.165, 1.54) is 6.07 Å². The van der Waals surface area contributed by atoms with Gasteiger partial charge in [-0.25, -0.2) is 0 Å². The first-order valence-electron chi connectivity index (χ1n) is 8.11. The Labute approximate surface area is 145 Å². The van der Waals surface area contributed by atoms with Crippen LogP contribution in [-0.2, 0) is 0 Å². The monoisotopic (exact) mass is 334 g/mol. The van der Waals surface area contributed by atoms with Crippen molar-refractivity contribution >= 4 is 17.0 Å². The van der Waals surface area contributed by atoms with Gasteiger partial charge < -0.3 is 13.9 Å². The number of hydrogen-bond donors (Lipinski definition) is 0. The lowest BCUT2D eigenvalue weighted by atomic mass is 9.99. The summed E-state index contributed by atoms with van der Waals surface area (Å²) in [5.74, 6) is 1.65. The van der Waals surface area contributed by atoms with E-state index in [1.807, 2.05) is 56.3 Å². The Morgan fingerprint density at radius 2 is 1.84 bits per heavy atom. The molecule has 0 bridgehead atoms. The van der Waals surface area contributed by atoms with E-state index >= 15 is 0 Å². The third-order valence-corrected chi connectivity index (χ3v) is 4.27. The molecule has 0 spiro atoms. The van der Waals surface area contributed by atoms with Crippen LogP contribution in [0.2, 0.25) is 0 Å². The molecule has 0 saturated heterocycles. The summed E-state index contributed by atoms with van der Waals surface area (Å²) in [4.78, 5) is 12.7. The summed E-state index contributed by atoms with van der Waals surface area (Å²) in [7, 11) is 1.57. The highest BCUT2D eigenvalue weighted by Crippen LogP contribution is 2.43. The minimum absolute atomic E-state index is 0.112. The van der Waals surface area contributed by atoms with Crippen molar-refractivity contribution in [2.45, 2.75) is 19.4 Å². The Morgan fingerprint density at radius 3 is 2.56 bits per heavy atom. The third kappa shape index (κ3) is 2.60. The molecule has 0 aliphatic carbocycles. The molecule has 0 N–H and O–H groups in total. The van der Waals surface area contributed by atoms with E-state index in [0.717, 1.165) is 11.1 Å². The summed E-state index contributed by atoms with van der Waals surface area (Å²) in [6, 6.07) is 12.8. The van der Waals surface area contributed by atoms with Crippen LogP contribution in [0.1, 0.15) is 19.4 Å². The van der Waals surface area contributed by atoms with Gasteiger partial charge in [0.2, 0.25) is 0 Å². The molecule has 0 unspecified atom stereocenters. The average Bonchev–Trinajstić information content (AvgIpc) is 2.61. The Hall–Kier alpha value is -3.01. The van der Waals surface area contributed by atoms with E-state index in [1.54, 1.807) is 13.2 Å². The molecule has 3 aromatic rings. The Balaban J connectivity index is 2.05. The number of hydrogen-bond acceptors (Lipinski definition) is 4. The van der Waals surface area contributed by atoms with Gasteiger partial charge in [0.25, 0.3) is 0 Å². The van der Waals surface area contributed by atoms with Gasteiger partial charge in [0.05, 0.1) is 18.1 Å². The molecule has 4 nitrogen and oxygen atoms in total. The van der Waals surface area contributed by atoms with Crippen LogP contribution in [0.4, 0.5) is 0 Å². The van der Waals surface area contributed by atoms with Crippen LogP contribution in [0.15, 0.2) is 57.8 Å². The normalized spacial score (nSPS) is 14.8. The van der Waals surface area contributed by atoms with E-state index < -0.39 is 5.60 Å². The fraction of sp³-hybridized carbons (Fsp3) is 0.190. The topological polar surface area (TPSA) is 48.7 Å². The summed E-state index contributed by atoms with van der Waals surface area (Å²) in [5, 5.41) is 0.475. The van der Waals surface area contributed by atoms with Gasteiger partial charge in [0.1, 0.15) is 16.9 Å². The maximum atomic E-state index is 12.7.